The van der Waals surface area contributed by atoms with Crippen LogP contribution in [-0.4, -0.2) is 24.6 Å². The van der Waals surface area contributed by atoms with E-state index >= 15 is 0 Å². The third kappa shape index (κ3) is 3.22. The third-order valence-corrected chi connectivity index (χ3v) is 3.52. The molecule has 1 aliphatic rings. The van der Waals surface area contributed by atoms with Crippen molar-refractivity contribution in [3.8, 4) is 0 Å². The number of hydrogen-bond donors (Lipinski definition) is 1. The Balaban J connectivity index is 2.23. The summed E-state index contributed by atoms with van der Waals surface area (Å²) in [5.74, 6) is 0. The van der Waals surface area contributed by atoms with E-state index in [4.69, 9.17) is 0 Å². The molecule has 3 heteroatoms. The number of rotatable bonds is 7. The van der Waals surface area contributed by atoms with Crippen molar-refractivity contribution in [1.82, 2.24) is 10.3 Å². The summed E-state index contributed by atoms with van der Waals surface area (Å²) in [5, 5.41) is 3.25. The zero-order chi connectivity index (χ0) is 13.0. The van der Waals surface area contributed by atoms with Gasteiger partial charge >= 0.3 is 0 Å². The first kappa shape index (κ1) is 13.3. The molecule has 1 aliphatic carbocycles. The molecule has 1 fully saturated rings. The number of hydrogen-bond acceptors (Lipinski definition) is 3. The van der Waals surface area contributed by atoms with E-state index in [0.717, 1.165) is 18.3 Å². The van der Waals surface area contributed by atoms with E-state index in [9.17, 15) is 0 Å². The van der Waals surface area contributed by atoms with Crippen LogP contribution < -0.4 is 10.2 Å². The van der Waals surface area contributed by atoms with Crippen molar-refractivity contribution in [3.05, 3.63) is 23.5 Å². The van der Waals surface area contributed by atoms with Crippen LogP contribution in [0.25, 0.3) is 0 Å². The highest BCUT2D eigenvalue weighted by Gasteiger charge is 2.30. The molecule has 0 radical (unpaired) electrons. The Kier molecular flexibility index (Phi) is 4.59. The van der Waals surface area contributed by atoms with Crippen molar-refractivity contribution in [2.75, 3.05) is 18.5 Å². The number of anilines is 1. The van der Waals surface area contributed by atoms with E-state index in [1.807, 2.05) is 13.2 Å². The first-order valence-corrected chi connectivity index (χ1v) is 7.13. The molecule has 0 aromatic carbocycles. The topological polar surface area (TPSA) is 28.2 Å². The van der Waals surface area contributed by atoms with E-state index in [-0.39, 0.29) is 0 Å². The van der Waals surface area contributed by atoms with Crippen molar-refractivity contribution in [2.45, 2.75) is 52.1 Å². The first-order valence-electron chi connectivity index (χ1n) is 7.13. The fraction of sp³-hybridized carbons (Fsp3) is 0.667. The van der Waals surface area contributed by atoms with Crippen LogP contribution in [0.3, 0.4) is 0 Å². The molecule has 2 rings (SSSR count). The van der Waals surface area contributed by atoms with Crippen LogP contribution in [0.1, 0.15) is 43.9 Å². The molecule has 0 spiro atoms. The third-order valence-electron chi connectivity index (χ3n) is 3.52. The SMILES string of the molecule is CCCCN(c1cc(C)ncc1CNC)C1CC1. The van der Waals surface area contributed by atoms with Gasteiger partial charge in [-0.15, -0.1) is 0 Å². The number of aromatic nitrogens is 1. The van der Waals surface area contributed by atoms with E-state index in [1.165, 1.54) is 43.5 Å². The van der Waals surface area contributed by atoms with Crippen LogP contribution in [0, 0.1) is 6.92 Å². The molecule has 3 nitrogen and oxygen atoms in total. The normalized spacial score (nSPS) is 14.8. The minimum Gasteiger partial charge on any atom is -0.368 e. The lowest BCUT2D eigenvalue weighted by Gasteiger charge is -2.27. The average molecular weight is 247 g/mol. The minimum absolute atomic E-state index is 0.772. The summed E-state index contributed by atoms with van der Waals surface area (Å²) in [5.41, 5.74) is 3.84. The van der Waals surface area contributed by atoms with Gasteiger partial charge in [-0.05, 0) is 39.3 Å². The van der Waals surface area contributed by atoms with Gasteiger partial charge in [-0.3, -0.25) is 4.98 Å². The predicted molar refractivity (Wildman–Crippen MR) is 77.0 cm³/mol. The molecule has 0 unspecified atom stereocenters. The maximum absolute atomic E-state index is 4.43. The summed E-state index contributed by atoms with van der Waals surface area (Å²) < 4.78 is 0. The Labute approximate surface area is 111 Å². The standard InChI is InChI=1S/C15H25N3/c1-4-5-8-18(14-6-7-14)15-9-12(2)17-11-13(15)10-16-3/h9,11,14,16H,4-8,10H2,1-3H3. The highest BCUT2D eigenvalue weighted by molar-refractivity contribution is 5.55. The summed E-state index contributed by atoms with van der Waals surface area (Å²) in [6.07, 6.45) is 7.27. The van der Waals surface area contributed by atoms with Crippen LogP contribution in [0.5, 0.6) is 0 Å². The van der Waals surface area contributed by atoms with Gasteiger partial charge in [0.1, 0.15) is 0 Å². The Morgan fingerprint density at radius 2 is 2.22 bits per heavy atom. The Bertz CT molecular complexity index is 385. The molecule has 1 saturated carbocycles. The van der Waals surface area contributed by atoms with Crippen LogP contribution in [-0.2, 0) is 6.54 Å². The fourth-order valence-electron chi connectivity index (χ4n) is 2.38. The molecular formula is C15H25N3. The smallest absolute Gasteiger partial charge is 0.0448 e. The van der Waals surface area contributed by atoms with E-state index in [0.29, 0.717) is 0 Å². The molecule has 100 valence electrons. The molecule has 1 aromatic heterocycles. The van der Waals surface area contributed by atoms with Gasteiger partial charge in [-0.2, -0.15) is 0 Å². The molecule has 0 aliphatic heterocycles. The van der Waals surface area contributed by atoms with Gasteiger partial charge in [-0.25, -0.2) is 0 Å². The quantitative estimate of drug-likeness (QED) is 0.803. The number of pyridine rings is 1. The van der Waals surface area contributed by atoms with Crippen LogP contribution >= 0.6 is 0 Å². The monoisotopic (exact) mass is 247 g/mol. The summed E-state index contributed by atoms with van der Waals surface area (Å²) >= 11 is 0. The Hall–Kier alpha value is -1.09. The second-order valence-electron chi connectivity index (χ2n) is 5.26. The lowest BCUT2D eigenvalue weighted by molar-refractivity contribution is 0.703. The summed E-state index contributed by atoms with van der Waals surface area (Å²) in [6, 6.07) is 3.02. The zero-order valence-electron chi connectivity index (χ0n) is 11.9. The van der Waals surface area contributed by atoms with Crippen LogP contribution in [0.2, 0.25) is 0 Å². The van der Waals surface area contributed by atoms with Gasteiger partial charge in [0.25, 0.3) is 0 Å². The molecule has 1 aromatic rings. The second kappa shape index (κ2) is 6.19. The van der Waals surface area contributed by atoms with Crippen molar-refractivity contribution in [3.63, 3.8) is 0 Å². The predicted octanol–water partition coefficient (Wildman–Crippen LogP) is 2.88. The van der Waals surface area contributed by atoms with Gasteiger partial charge in [0, 0.05) is 42.3 Å². The molecular weight excluding hydrogens is 222 g/mol. The molecule has 0 bridgehead atoms. The van der Waals surface area contributed by atoms with Gasteiger partial charge in [0.05, 0.1) is 0 Å². The highest BCUT2D eigenvalue weighted by Crippen LogP contribution is 2.34. The maximum Gasteiger partial charge on any atom is 0.0448 e. The summed E-state index contributed by atoms with van der Waals surface area (Å²) in [6.45, 7) is 6.42. The van der Waals surface area contributed by atoms with Crippen molar-refractivity contribution in [1.29, 1.82) is 0 Å². The molecule has 1 heterocycles. The lowest BCUT2D eigenvalue weighted by atomic mass is 10.1. The molecule has 0 amide bonds. The zero-order valence-corrected chi connectivity index (χ0v) is 11.9. The van der Waals surface area contributed by atoms with Crippen LogP contribution in [0.4, 0.5) is 5.69 Å². The van der Waals surface area contributed by atoms with E-state index in [1.54, 1.807) is 0 Å². The molecule has 18 heavy (non-hydrogen) atoms. The second-order valence-corrected chi connectivity index (χ2v) is 5.26. The van der Waals surface area contributed by atoms with Crippen molar-refractivity contribution >= 4 is 5.69 Å². The first-order chi connectivity index (χ1) is 8.76. The number of nitrogens with zero attached hydrogens (tertiary/aromatic N) is 2. The Morgan fingerprint density at radius 3 is 2.83 bits per heavy atom. The summed E-state index contributed by atoms with van der Waals surface area (Å²) in [4.78, 5) is 7.04. The molecule has 1 N–H and O–H groups in total. The number of nitrogens with one attached hydrogen (secondary N) is 1. The number of unbranched alkanes of at least 4 members (excludes halogenated alkanes) is 1. The van der Waals surface area contributed by atoms with Gasteiger partial charge in [0.15, 0.2) is 0 Å². The van der Waals surface area contributed by atoms with E-state index in [2.05, 4.69) is 35.1 Å². The maximum atomic E-state index is 4.43. The largest absolute Gasteiger partial charge is 0.368 e. The summed E-state index contributed by atoms with van der Waals surface area (Å²) in [7, 11) is 2.00. The molecule has 0 saturated heterocycles. The van der Waals surface area contributed by atoms with Crippen molar-refractivity contribution < 1.29 is 0 Å². The minimum atomic E-state index is 0.772. The lowest BCUT2D eigenvalue weighted by Crippen LogP contribution is -2.28. The highest BCUT2D eigenvalue weighted by atomic mass is 15.2. The van der Waals surface area contributed by atoms with Crippen molar-refractivity contribution in [2.24, 2.45) is 0 Å². The van der Waals surface area contributed by atoms with Gasteiger partial charge in [-0.1, -0.05) is 13.3 Å². The van der Waals surface area contributed by atoms with Crippen LogP contribution in [0.15, 0.2) is 12.3 Å². The Morgan fingerprint density at radius 1 is 1.44 bits per heavy atom. The van der Waals surface area contributed by atoms with Gasteiger partial charge < -0.3 is 10.2 Å². The molecule has 0 atom stereocenters. The number of aryl methyl sites for hydroxylation is 1. The fourth-order valence-corrected chi connectivity index (χ4v) is 2.38. The van der Waals surface area contributed by atoms with E-state index < -0.39 is 0 Å². The average Bonchev–Trinajstić information content (AvgIpc) is 3.17. The van der Waals surface area contributed by atoms with Gasteiger partial charge in [0.2, 0.25) is 0 Å².